The molecule has 0 bridgehead atoms. The Labute approximate surface area is 226 Å². The van der Waals surface area contributed by atoms with Crippen molar-refractivity contribution in [1.29, 1.82) is 0 Å². The van der Waals surface area contributed by atoms with Crippen LogP contribution in [0.25, 0.3) is 0 Å². The molecule has 0 radical (unpaired) electrons. The number of ether oxygens (including phenoxy) is 2. The topological polar surface area (TPSA) is 84.4 Å². The van der Waals surface area contributed by atoms with Gasteiger partial charge in [-0.15, -0.1) is 0 Å². The maximum absolute atomic E-state index is 6.04. The number of hydrogen-bond donors (Lipinski definition) is 2. The van der Waals surface area contributed by atoms with E-state index in [2.05, 4.69) is 45.4 Å². The quantitative estimate of drug-likeness (QED) is 0.307. The molecule has 0 saturated carbocycles. The van der Waals surface area contributed by atoms with Crippen molar-refractivity contribution in [1.82, 2.24) is 19.9 Å². The number of piperidine rings is 1. The molecule has 0 atom stereocenters. The van der Waals surface area contributed by atoms with Gasteiger partial charge in [-0.2, -0.15) is 4.98 Å². The maximum Gasteiger partial charge on any atom is 0.229 e. The van der Waals surface area contributed by atoms with Gasteiger partial charge in [0.05, 0.1) is 25.6 Å². The Morgan fingerprint density at radius 2 is 1.82 bits per heavy atom. The highest BCUT2D eigenvalue weighted by molar-refractivity contribution is 5.62. The number of anilines is 4. The van der Waals surface area contributed by atoms with Crippen LogP contribution in [0.15, 0.2) is 42.7 Å². The number of rotatable bonds is 10. The molecular formula is C30H40N6O2. The summed E-state index contributed by atoms with van der Waals surface area (Å²) in [5.74, 6) is 2.64. The first-order valence-corrected chi connectivity index (χ1v) is 13.9. The summed E-state index contributed by atoms with van der Waals surface area (Å²) in [5.41, 5.74) is 4.43. The molecule has 2 N–H and O–H groups in total. The molecule has 2 aliphatic rings. The molecule has 1 aliphatic heterocycles. The molecule has 1 saturated heterocycles. The maximum atomic E-state index is 6.04. The standard InChI is InChI=1S/C30H40N6O2/c1-30(2)13-7-9-22-19-24(21-32-28(22)30)33-27-12-14-31-29(35-27)34-23-10-11-25(26(20-23)37-3)38-18-8-17-36-15-5-4-6-16-36/h10-12,14,19-21H,4-9,13,15-18H2,1-3H3,(H2,31,33,34,35). The number of methoxy groups -OCH3 is 1. The summed E-state index contributed by atoms with van der Waals surface area (Å²) in [5, 5.41) is 6.67. The Morgan fingerprint density at radius 1 is 0.947 bits per heavy atom. The number of benzene rings is 1. The van der Waals surface area contributed by atoms with Gasteiger partial charge >= 0.3 is 0 Å². The Balaban J connectivity index is 1.19. The molecule has 1 aromatic carbocycles. The van der Waals surface area contributed by atoms with Gasteiger partial charge in [0.1, 0.15) is 5.82 Å². The van der Waals surface area contributed by atoms with Crippen LogP contribution in [0.5, 0.6) is 11.5 Å². The lowest BCUT2D eigenvalue weighted by molar-refractivity contribution is 0.203. The van der Waals surface area contributed by atoms with Crippen molar-refractivity contribution >= 4 is 23.1 Å². The highest BCUT2D eigenvalue weighted by atomic mass is 16.5. The van der Waals surface area contributed by atoms with Crippen LogP contribution in [0.4, 0.5) is 23.1 Å². The van der Waals surface area contributed by atoms with E-state index in [4.69, 9.17) is 14.5 Å². The number of nitrogens with one attached hydrogen (secondary N) is 2. The lowest BCUT2D eigenvalue weighted by atomic mass is 9.76. The zero-order chi connectivity index (χ0) is 26.4. The third-order valence-corrected chi connectivity index (χ3v) is 7.53. The molecule has 1 fully saturated rings. The fourth-order valence-electron chi connectivity index (χ4n) is 5.50. The lowest BCUT2D eigenvalue weighted by Crippen LogP contribution is -2.31. The van der Waals surface area contributed by atoms with Crippen molar-refractivity contribution in [2.24, 2.45) is 0 Å². The highest BCUT2D eigenvalue weighted by Gasteiger charge is 2.28. The van der Waals surface area contributed by atoms with E-state index in [1.54, 1.807) is 13.3 Å². The minimum atomic E-state index is 0.132. The van der Waals surface area contributed by atoms with E-state index >= 15 is 0 Å². The van der Waals surface area contributed by atoms with Crippen LogP contribution >= 0.6 is 0 Å². The molecule has 8 heteroatoms. The summed E-state index contributed by atoms with van der Waals surface area (Å²) in [6.07, 6.45) is 12.1. The van der Waals surface area contributed by atoms with Crippen molar-refractivity contribution in [2.45, 2.75) is 64.2 Å². The van der Waals surface area contributed by atoms with Crippen LogP contribution in [0, 0.1) is 0 Å². The molecule has 1 aliphatic carbocycles. The molecule has 38 heavy (non-hydrogen) atoms. The van der Waals surface area contributed by atoms with Crippen LogP contribution in [0.2, 0.25) is 0 Å². The second kappa shape index (κ2) is 12.0. The van der Waals surface area contributed by atoms with Gasteiger partial charge < -0.3 is 25.0 Å². The Bertz CT molecular complexity index is 1230. The summed E-state index contributed by atoms with van der Waals surface area (Å²) in [6, 6.07) is 9.87. The molecule has 8 nitrogen and oxygen atoms in total. The van der Waals surface area contributed by atoms with E-state index in [1.165, 1.54) is 56.5 Å². The molecule has 3 heterocycles. The van der Waals surface area contributed by atoms with Crippen molar-refractivity contribution in [2.75, 3.05) is 44.0 Å². The normalized spacial score (nSPS) is 16.9. The third kappa shape index (κ3) is 6.54. The molecular weight excluding hydrogens is 476 g/mol. The summed E-state index contributed by atoms with van der Waals surface area (Å²) < 4.78 is 11.6. The fraction of sp³-hybridized carbons (Fsp3) is 0.500. The minimum Gasteiger partial charge on any atom is -0.493 e. The van der Waals surface area contributed by atoms with E-state index in [0.717, 1.165) is 36.5 Å². The van der Waals surface area contributed by atoms with Crippen molar-refractivity contribution < 1.29 is 9.47 Å². The largest absolute Gasteiger partial charge is 0.493 e. The first kappa shape index (κ1) is 26.2. The number of nitrogens with zero attached hydrogens (tertiary/aromatic N) is 4. The van der Waals surface area contributed by atoms with Crippen molar-refractivity contribution in [3.63, 3.8) is 0 Å². The SMILES string of the molecule is COc1cc(Nc2nccc(Nc3cnc4c(c3)CCCC4(C)C)n2)ccc1OCCCN1CCCCC1. The zero-order valence-electron chi connectivity index (χ0n) is 22.9. The van der Waals surface area contributed by atoms with Gasteiger partial charge in [-0.05, 0) is 81.4 Å². The van der Waals surface area contributed by atoms with Gasteiger partial charge in [0, 0.05) is 35.6 Å². The first-order chi connectivity index (χ1) is 18.5. The predicted molar refractivity (Wildman–Crippen MR) is 152 cm³/mol. The van der Waals surface area contributed by atoms with Crippen LogP contribution in [-0.2, 0) is 11.8 Å². The zero-order valence-corrected chi connectivity index (χ0v) is 22.9. The highest BCUT2D eigenvalue weighted by Crippen LogP contribution is 2.36. The van der Waals surface area contributed by atoms with Crippen molar-refractivity contribution in [3.8, 4) is 11.5 Å². The number of pyridine rings is 1. The molecule has 0 spiro atoms. The summed E-state index contributed by atoms with van der Waals surface area (Å²) in [7, 11) is 1.66. The van der Waals surface area contributed by atoms with Gasteiger partial charge in [0.15, 0.2) is 11.5 Å². The van der Waals surface area contributed by atoms with E-state index in [-0.39, 0.29) is 5.41 Å². The molecule has 5 rings (SSSR count). The van der Waals surface area contributed by atoms with E-state index in [1.807, 2.05) is 30.5 Å². The molecule has 0 amide bonds. The smallest absolute Gasteiger partial charge is 0.229 e. The van der Waals surface area contributed by atoms with Crippen molar-refractivity contribution in [3.05, 3.63) is 54.0 Å². The summed E-state index contributed by atoms with van der Waals surface area (Å²) >= 11 is 0. The Kier molecular flexibility index (Phi) is 8.27. The number of hydrogen-bond acceptors (Lipinski definition) is 8. The van der Waals surface area contributed by atoms with E-state index in [0.29, 0.717) is 24.1 Å². The number of aryl methyl sites for hydroxylation is 1. The fourth-order valence-corrected chi connectivity index (χ4v) is 5.50. The molecule has 202 valence electrons. The number of aromatic nitrogens is 3. The molecule has 2 aromatic heterocycles. The van der Waals surface area contributed by atoms with Crippen LogP contribution in [0.3, 0.4) is 0 Å². The van der Waals surface area contributed by atoms with Gasteiger partial charge in [0.2, 0.25) is 5.95 Å². The lowest BCUT2D eigenvalue weighted by Gasteiger charge is -2.31. The number of fused-ring (bicyclic) bond motifs is 1. The number of likely N-dealkylation sites (tertiary alicyclic amines) is 1. The minimum absolute atomic E-state index is 0.132. The summed E-state index contributed by atoms with van der Waals surface area (Å²) in [6.45, 7) is 8.74. The van der Waals surface area contributed by atoms with Gasteiger partial charge in [0.25, 0.3) is 0 Å². The monoisotopic (exact) mass is 516 g/mol. The average molecular weight is 517 g/mol. The molecule has 0 unspecified atom stereocenters. The van der Waals surface area contributed by atoms with Gasteiger partial charge in [-0.1, -0.05) is 20.3 Å². The predicted octanol–water partition coefficient (Wildman–Crippen LogP) is 6.24. The molecule has 3 aromatic rings. The first-order valence-electron chi connectivity index (χ1n) is 13.9. The average Bonchev–Trinajstić information content (AvgIpc) is 2.92. The van der Waals surface area contributed by atoms with E-state index < -0.39 is 0 Å². The second-order valence-electron chi connectivity index (χ2n) is 11.0. The van der Waals surface area contributed by atoms with Crippen LogP contribution in [-0.4, -0.2) is 53.2 Å². The van der Waals surface area contributed by atoms with Crippen LogP contribution in [0.1, 0.15) is 63.6 Å². The Morgan fingerprint density at radius 3 is 2.66 bits per heavy atom. The van der Waals surface area contributed by atoms with Gasteiger partial charge in [-0.25, -0.2) is 4.98 Å². The van der Waals surface area contributed by atoms with Crippen LogP contribution < -0.4 is 20.1 Å². The second-order valence-corrected chi connectivity index (χ2v) is 11.0. The Hall–Kier alpha value is -3.39. The third-order valence-electron chi connectivity index (χ3n) is 7.53. The van der Waals surface area contributed by atoms with Gasteiger partial charge in [-0.3, -0.25) is 4.98 Å². The summed E-state index contributed by atoms with van der Waals surface area (Å²) in [4.78, 5) is 16.4. The van der Waals surface area contributed by atoms with E-state index in [9.17, 15) is 0 Å².